The Morgan fingerprint density at radius 3 is 2.68 bits per heavy atom. The van der Waals surface area contributed by atoms with Crippen LogP contribution >= 0.6 is 11.6 Å². The van der Waals surface area contributed by atoms with Crippen LogP contribution in [0.2, 0.25) is 5.02 Å². The molecule has 2 N–H and O–H groups in total. The minimum absolute atomic E-state index is 0.0688. The van der Waals surface area contributed by atoms with E-state index >= 15 is 0 Å². The maximum absolute atomic E-state index is 12.5. The lowest BCUT2D eigenvalue weighted by atomic mass is 9.68. The van der Waals surface area contributed by atoms with E-state index in [4.69, 9.17) is 17.3 Å². The van der Waals surface area contributed by atoms with Gasteiger partial charge in [0.25, 0.3) is 5.56 Å². The molecule has 0 atom stereocenters. The molecule has 2 aromatic heterocycles. The minimum Gasteiger partial charge on any atom is -0.330 e. The number of aryl methyl sites for hydroxylation is 1. The lowest BCUT2D eigenvalue weighted by Crippen LogP contribution is -2.41. The van der Waals surface area contributed by atoms with Crippen LogP contribution in [0.25, 0.3) is 11.3 Å². The van der Waals surface area contributed by atoms with Crippen molar-refractivity contribution in [3.05, 3.63) is 69.7 Å². The smallest absolute Gasteiger partial charge is 0.267 e. The fourth-order valence-corrected chi connectivity index (χ4v) is 4.41. The van der Waals surface area contributed by atoms with E-state index < -0.39 is 0 Å². The van der Waals surface area contributed by atoms with Gasteiger partial charge in [-0.25, -0.2) is 4.68 Å². The molecule has 6 nitrogen and oxygen atoms in total. The second-order valence-corrected chi connectivity index (χ2v) is 8.07. The number of hydrogen-bond acceptors (Lipinski definition) is 4. The zero-order valence-electron chi connectivity index (χ0n) is 15.9. The van der Waals surface area contributed by atoms with Crippen LogP contribution in [-0.4, -0.2) is 26.1 Å². The van der Waals surface area contributed by atoms with Gasteiger partial charge in [-0.3, -0.25) is 9.48 Å². The van der Waals surface area contributed by atoms with E-state index in [1.54, 1.807) is 27.7 Å². The topological polar surface area (TPSA) is 78.7 Å². The summed E-state index contributed by atoms with van der Waals surface area (Å²) in [5, 5.41) is 9.56. The van der Waals surface area contributed by atoms with Crippen LogP contribution in [-0.2, 0) is 12.5 Å². The molecule has 1 aromatic carbocycles. The molecule has 1 aliphatic rings. The van der Waals surface area contributed by atoms with Gasteiger partial charge in [-0.05, 0) is 49.4 Å². The van der Waals surface area contributed by atoms with Gasteiger partial charge >= 0.3 is 0 Å². The van der Waals surface area contributed by atoms with Crippen LogP contribution in [0.3, 0.4) is 0 Å². The van der Waals surface area contributed by atoms with Crippen molar-refractivity contribution in [2.75, 3.05) is 6.54 Å². The molecule has 1 fully saturated rings. The highest BCUT2D eigenvalue weighted by Gasteiger charge is 2.37. The Labute approximate surface area is 168 Å². The van der Waals surface area contributed by atoms with Gasteiger partial charge in [-0.2, -0.15) is 10.2 Å². The third-order valence-corrected chi connectivity index (χ3v) is 6.15. The normalized spacial score (nSPS) is 22.3. The number of nitrogens with zero attached hydrogens (tertiary/aromatic N) is 4. The molecular formula is C21H24ClN5O. The van der Waals surface area contributed by atoms with Crippen molar-refractivity contribution < 1.29 is 0 Å². The Morgan fingerprint density at radius 1 is 1.25 bits per heavy atom. The first-order valence-corrected chi connectivity index (χ1v) is 9.93. The number of nitrogens with two attached hydrogens (primary N) is 1. The Balaban J connectivity index is 1.59. The molecule has 0 saturated heterocycles. The van der Waals surface area contributed by atoms with E-state index in [9.17, 15) is 4.79 Å². The fraction of sp³-hybridized carbons (Fsp3) is 0.381. The average Bonchev–Trinajstić information content (AvgIpc) is 3.15. The monoisotopic (exact) mass is 397 g/mol. The molecule has 0 aliphatic heterocycles. The van der Waals surface area contributed by atoms with Gasteiger partial charge in [0, 0.05) is 41.9 Å². The Kier molecular flexibility index (Phi) is 5.08. The molecule has 0 amide bonds. The molecule has 0 unspecified atom stereocenters. The van der Waals surface area contributed by atoms with Crippen LogP contribution in [0.15, 0.2) is 53.6 Å². The molecule has 1 aliphatic carbocycles. The zero-order chi connectivity index (χ0) is 19.7. The van der Waals surface area contributed by atoms with E-state index in [1.807, 2.05) is 31.4 Å². The number of hydrogen-bond donors (Lipinski definition) is 1. The fourth-order valence-electron chi connectivity index (χ4n) is 4.22. The largest absolute Gasteiger partial charge is 0.330 e. The van der Waals surface area contributed by atoms with Gasteiger partial charge < -0.3 is 5.73 Å². The third kappa shape index (κ3) is 3.50. The number of aromatic nitrogens is 4. The minimum atomic E-state index is -0.0913. The lowest BCUT2D eigenvalue weighted by molar-refractivity contribution is 0.222. The summed E-state index contributed by atoms with van der Waals surface area (Å²) in [7, 11) is 1.86. The Hall–Kier alpha value is -2.44. The van der Waals surface area contributed by atoms with E-state index in [-0.39, 0.29) is 17.0 Å². The van der Waals surface area contributed by atoms with Crippen LogP contribution < -0.4 is 11.3 Å². The van der Waals surface area contributed by atoms with Crippen LogP contribution in [0.4, 0.5) is 0 Å². The maximum Gasteiger partial charge on any atom is 0.267 e. The number of rotatable bonds is 4. The molecule has 146 valence electrons. The predicted octanol–water partition coefficient (Wildman–Crippen LogP) is 3.31. The van der Waals surface area contributed by atoms with Crippen molar-refractivity contribution in [1.82, 2.24) is 19.6 Å². The van der Waals surface area contributed by atoms with E-state index in [0.717, 1.165) is 42.0 Å². The number of halogens is 1. The van der Waals surface area contributed by atoms with Crippen molar-refractivity contribution in [2.24, 2.45) is 12.8 Å². The first-order chi connectivity index (χ1) is 13.5. The van der Waals surface area contributed by atoms with Crippen molar-refractivity contribution >= 4 is 11.6 Å². The van der Waals surface area contributed by atoms with E-state index in [0.29, 0.717) is 6.54 Å². The molecule has 4 rings (SSSR count). The highest BCUT2D eigenvalue weighted by atomic mass is 35.5. The van der Waals surface area contributed by atoms with Gasteiger partial charge in [0.15, 0.2) is 0 Å². The molecule has 3 aromatic rings. The first kappa shape index (κ1) is 18.9. The molecule has 0 radical (unpaired) electrons. The molecule has 0 spiro atoms. The summed E-state index contributed by atoms with van der Waals surface area (Å²) in [4.78, 5) is 12.5. The molecule has 0 bridgehead atoms. The first-order valence-electron chi connectivity index (χ1n) is 9.56. The van der Waals surface area contributed by atoms with Crippen LogP contribution in [0.5, 0.6) is 0 Å². The third-order valence-electron chi connectivity index (χ3n) is 5.91. The molecule has 2 heterocycles. The van der Waals surface area contributed by atoms with Gasteiger partial charge in [0.05, 0.1) is 17.9 Å². The van der Waals surface area contributed by atoms with Crippen LogP contribution in [0.1, 0.15) is 37.3 Å². The molecule has 28 heavy (non-hydrogen) atoms. The summed E-state index contributed by atoms with van der Waals surface area (Å²) >= 11 is 6.20. The van der Waals surface area contributed by atoms with Crippen molar-refractivity contribution in [2.45, 2.75) is 37.1 Å². The summed E-state index contributed by atoms with van der Waals surface area (Å²) in [6, 6.07) is 11.4. The summed E-state index contributed by atoms with van der Waals surface area (Å²) in [6.07, 6.45) is 7.17. The average molecular weight is 398 g/mol. The second kappa shape index (κ2) is 7.53. The number of benzene rings is 1. The molecule has 7 heteroatoms. The summed E-state index contributed by atoms with van der Waals surface area (Å²) < 4.78 is 3.37. The van der Waals surface area contributed by atoms with Crippen molar-refractivity contribution in [1.29, 1.82) is 0 Å². The van der Waals surface area contributed by atoms with Crippen LogP contribution in [0, 0.1) is 0 Å². The quantitative estimate of drug-likeness (QED) is 0.732. The Morgan fingerprint density at radius 2 is 2.04 bits per heavy atom. The van der Waals surface area contributed by atoms with Crippen molar-refractivity contribution in [3.8, 4) is 11.3 Å². The summed E-state index contributed by atoms with van der Waals surface area (Å²) in [5.41, 5.74) is 8.89. The SMILES string of the molecule is Cn1cc(-c2ccc(=O)n([C@H]3CC[C@](CN)(c4cccc(Cl)c4)CC3)n2)cn1. The second-order valence-electron chi connectivity index (χ2n) is 7.63. The van der Waals surface area contributed by atoms with Gasteiger partial charge in [0.1, 0.15) is 0 Å². The highest BCUT2D eigenvalue weighted by Crippen LogP contribution is 2.42. The van der Waals surface area contributed by atoms with E-state index in [1.165, 1.54) is 5.56 Å². The summed E-state index contributed by atoms with van der Waals surface area (Å²) in [6.45, 7) is 0.568. The highest BCUT2D eigenvalue weighted by molar-refractivity contribution is 6.30. The zero-order valence-corrected chi connectivity index (χ0v) is 16.6. The maximum atomic E-state index is 12.5. The van der Waals surface area contributed by atoms with Crippen molar-refractivity contribution in [3.63, 3.8) is 0 Å². The van der Waals surface area contributed by atoms with E-state index in [2.05, 4.69) is 16.3 Å². The van der Waals surface area contributed by atoms with Gasteiger partial charge in [0.2, 0.25) is 0 Å². The lowest BCUT2D eigenvalue weighted by Gasteiger charge is -2.40. The van der Waals surface area contributed by atoms with Gasteiger partial charge in [-0.1, -0.05) is 23.7 Å². The standard InChI is InChI=1S/C21H24ClN5O/c1-26-13-15(12-24-26)19-5-6-20(28)27(25-19)18-7-9-21(14-23,10-8-18)16-3-2-4-17(22)11-16/h2-6,11-13,18H,7-10,14,23H2,1H3/t18-,21-. The summed E-state index contributed by atoms with van der Waals surface area (Å²) in [5.74, 6) is 0. The molecule has 1 saturated carbocycles. The predicted molar refractivity (Wildman–Crippen MR) is 110 cm³/mol. The Bertz CT molecular complexity index is 1030. The van der Waals surface area contributed by atoms with Gasteiger partial charge in [-0.15, -0.1) is 0 Å². The molecular weight excluding hydrogens is 374 g/mol.